The lowest BCUT2D eigenvalue weighted by Gasteiger charge is -2.39. The molecule has 6 aromatic rings. The number of amides is 4. The van der Waals surface area contributed by atoms with E-state index in [-0.39, 0.29) is 104 Å². The second-order valence-corrected chi connectivity index (χ2v) is 20.1. The predicted molar refractivity (Wildman–Crippen MR) is 275 cm³/mol. The van der Waals surface area contributed by atoms with Crippen LogP contribution in [0.25, 0.3) is 21.7 Å². The van der Waals surface area contributed by atoms with E-state index in [0.717, 1.165) is 12.1 Å². The number of fused-ring (bicyclic) bond motifs is 4. The number of imide groups is 1. The standard InChI is InChI=1S/C51H56ClN7O18S/c1-56(12-16-73-17-13-57-26-31(54-55-57)11-15-72-18-14-58-43(62)9-10-44(58)63)49(67)28-3-8-39(74-51-48(66)47(65)46(64)42(27-60)75-51)41(21-28)77-78(69,70)76-40-23-38-45(35-22-33(71-2)5-6-34(35)40)30(24-52)25-59(38)50(68)37-20-29-19-32(61)4-7-36(29)53-37/h3-8,19-23,26,30,42,46-48,51,53,60-61,64-66H,9-18,24-25,27H2,1-2H3/t30-,42-,46+,47+,48?,51-/m1/s1. The first-order valence-electron chi connectivity index (χ1n) is 24.7. The molecule has 416 valence electrons. The molecule has 5 heterocycles. The Balaban J connectivity index is 0.906. The van der Waals surface area contributed by atoms with Crippen LogP contribution in [0.5, 0.6) is 28.7 Å². The molecule has 0 radical (unpaired) electrons. The van der Waals surface area contributed by atoms with E-state index in [1.807, 2.05) is 0 Å². The molecule has 0 bridgehead atoms. The number of carbonyl (C=O) groups is 4. The summed E-state index contributed by atoms with van der Waals surface area (Å²) in [6.07, 6.45) is -6.12. The van der Waals surface area contributed by atoms with E-state index in [1.54, 1.807) is 41.2 Å². The van der Waals surface area contributed by atoms with Crippen molar-refractivity contribution in [1.29, 1.82) is 0 Å². The Morgan fingerprint density at radius 3 is 2.38 bits per heavy atom. The van der Waals surface area contributed by atoms with Crippen LogP contribution in [0.15, 0.2) is 72.9 Å². The minimum absolute atomic E-state index is 0.000475. The van der Waals surface area contributed by atoms with Gasteiger partial charge in [0, 0.05) is 85.3 Å². The molecule has 0 saturated carbocycles. The monoisotopic (exact) mass is 1120 g/mol. The molecule has 3 aliphatic rings. The van der Waals surface area contributed by atoms with Crippen LogP contribution in [-0.4, -0.2) is 191 Å². The lowest BCUT2D eigenvalue weighted by Crippen LogP contribution is -2.60. The molecule has 4 aromatic carbocycles. The predicted octanol–water partition coefficient (Wildman–Crippen LogP) is 1.99. The van der Waals surface area contributed by atoms with Gasteiger partial charge in [0.1, 0.15) is 41.6 Å². The highest BCUT2D eigenvalue weighted by atomic mass is 35.5. The third-order valence-electron chi connectivity index (χ3n) is 13.4. The van der Waals surface area contributed by atoms with Crippen molar-refractivity contribution in [2.75, 3.05) is 77.6 Å². The number of aromatic hydroxyl groups is 1. The zero-order chi connectivity index (χ0) is 55.4. The van der Waals surface area contributed by atoms with Crippen LogP contribution in [0.1, 0.15) is 50.9 Å². The number of likely N-dealkylation sites (N-methyl/N-ethyl adjacent to an activating group) is 1. The number of hydrogen-bond acceptors (Lipinski definition) is 20. The molecular formula is C51H56ClN7O18S. The molecule has 27 heteroatoms. The number of ether oxygens (including phenoxy) is 5. The lowest BCUT2D eigenvalue weighted by atomic mass is 9.95. The fourth-order valence-corrected chi connectivity index (χ4v) is 10.3. The van der Waals surface area contributed by atoms with Gasteiger partial charge in [0.25, 0.3) is 11.8 Å². The lowest BCUT2D eigenvalue weighted by molar-refractivity contribution is -0.277. The molecule has 25 nitrogen and oxygen atoms in total. The highest BCUT2D eigenvalue weighted by Gasteiger charge is 2.45. The van der Waals surface area contributed by atoms with Gasteiger partial charge in [-0.15, -0.1) is 25.1 Å². The number of nitrogens with zero attached hydrogens (tertiary/aromatic N) is 6. The number of rotatable bonds is 23. The molecule has 3 aliphatic heterocycles. The smallest absolute Gasteiger partial charge is 0.501 e. The highest BCUT2D eigenvalue weighted by molar-refractivity contribution is 7.82. The molecule has 2 aromatic heterocycles. The Labute approximate surface area is 450 Å². The molecule has 0 spiro atoms. The van der Waals surface area contributed by atoms with Gasteiger partial charge in [-0.25, -0.2) is 4.68 Å². The van der Waals surface area contributed by atoms with Crippen molar-refractivity contribution in [2.24, 2.45) is 0 Å². The number of nitrogens with one attached hydrogen (secondary N) is 1. The summed E-state index contributed by atoms with van der Waals surface area (Å²) >= 11 is 6.54. The molecule has 1 unspecified atom stereocenters. The highest BCUT2D eigenvalue weighted by Crippen LogP contribution is 2.47. The summed E-state index contributed by atoms with van der Waals surface area (Å²) in [4.78, 5) is 58.8. The van der Waals surface area contributed by atoms with Crippen LogP contribution in [0, 0.1) is 0 Å². The minimum Gasteiger partial charge on any atom is -0.508 e. The van der Waals surface area contributed by atoms with Crippen LogP contribution >= 0.6 is 11.6 Å². The third-order valence-corrected chi connectivity index (χ3v) is 14.6. The number of carbonyl (C=O) groups excluding carboxylic acids is 4. The van der Waals surface area contributed by atoms with E-state index >= 15 is 0 Å². The Kier molecular flexibility index (Phi) is 17.0. The van der Waals surface area contributed by atoms with Gasteiger partial charge in [-0.1, -0.05) is 5.21 Å². The van der Waals surface area contributed by atoms with E-state index in [2.05, 4.69) is 15.3 Å². The van der Waals surface area contributed by atoms with Gasteiger partial charge in [0.05, 0.1) is 64.6 Å². The first-order chi connectivity index (χ1) is 37.4. The maximum absolute atomic E-state index is 14.3. The number of anilines is 1. The maximum atomic E-state index is 14.3. The van der Waals surface area contributed by atoms with Gasteiger partial charge in [0.15, 0.2) is 17.2 Å². The third kappa shape index (κ3) is 12.1. The molecule has 2 fully saturated rings. The fourth-order valence-electron chi connectivity index (χ4n) is 9.32. The number of aromatic amines is 1. The second kappa shape index (κ2) is 23.8. The van der Waals surface area contributed by atoms with Crippen molar-refractivity contribution in [2.45, 2.75) is 62.4 Å². The molecule has 0 aliphatic carbocycles. The molecule has 4 amide bonds. The van der Waals surface area contributed by atoms with E-state index in [4.69, 9.17) is 43.7 Å². The van der Waals surface area contributed by atoms with Crippen molar-refractivity contribution in [1.82, 2.24) is 29.8 Å². The van der Waals surface area contributed by atoms with Gasteiger partial charge in [-0.05, 0) is 71.6 Å². The molecular weight excluding hydrogens is 1070 g/mol. The topological polar surface area (TPSA) is 324 Å². The van der Waals surface area contributed by atoms with E-state index in [1.165, 1.54) is 53.1 Å². The van der Waals surface area contributed by atoms with Crippen LogP contribution in [0.4, 0.5) is 5.69 Å². The number of likely N-dealkylation sites (tertiary alicyclic amines) is 1. The second-order valence-electron chi connectivity index (χ2n) is 18.6. The van der Waals surface area contributed by atoms with Crippen molar-refractivity contribution in [3.05, 3.63) is 95.4 Å². The maximum Gasteiger partial charge on any atom is 0.501 e. The van der Waals surface area contributed by atoms with Crippen LogP contribution in [-0.2, 0) is 47.2 Å². The summed E-state index contributed by atoms with van der Waals surface area (Å²) in [5.74, 6) is -2.86. The molecule has 9 rings (SSSR count). The van der Waals surface area contributed by atoms with Gasteiger partial charge < -0.3 is 72.4 Å². The van der Waals surface area contributed by atoms with E-state index in [9.17, 15) is 53.1 Å². The van der Waals surface area contributed by atoms with Gasteiger partial charge in [-0.2, -0.15) is 0 Å². The number of aliphatic hydroxyl groups excluding tert-OH is 4. The van der Waals surface area contributed by atoms with Gasteiger partial charge in [0.2, 0.25) is 18.1 Å². The fraction of sp³-hybridized carbons (Fsp3) is 0.412. The normalized spacial score (nSPS) is 20.4. The number of H-pyrrole nitrogens is 1. The zero-order valence-electron chi connectivity index (χ0n) is 42.1. The van der Waals surface area contributed by atoms with Crippen molar-refractivity contribution < 1.29 is 85.2 Å². The number of methoxy groups -OCH3 is 1. The number of aliphatic hydroxyl groups is 4. The Bertz CT molecular complexity index is 3300. The number of phenols is 1. The average molecular weight is 1120 g/mol. The molecule has 6 N–H and O–H groups in total. The first-order valence-corrected chi connectivity index (χ1v) is 26.5. The quantitative estimate of drug-likeness (QED) is 0.0304. The van der Waals surface area contributed by atoms with Gasteiger partial charge >= 0.3 is 10.4 Å². The summed E-state index contributed by atoms with van der Waals surface area (Å²) in [6.45, 7) is 0.689. The number of benzene rings is 4. The number of aromatic nitrogens is 4. The van der Waals surface area contributed by atoms with Gasteiger partial charge in [-0.3, -0.25) is 24.1 Å². The summed E-state index contributed by atoms with van der Waals surface area (Å²) < 4.78 is 69.7. The minimum atomic E-state index is -5.26. The van der Waals surface area contributed by atoms with E-state index in [0.29, 0.717) is 52.9 Å². The SMILES string of the molecule is COc1ccc2c(OS(=O)(=O)Oc3cc(C(=O)N(C)CCOCCn4cc(CCOCCN5C(=O)CCC5=O)nn4)ccc3O[C@@H]3O[C@H](CO)[C@H](O)[C@H](O)C3O)cc3c(c2c1)[C@H](CCl)CN3C(=O)c1cc2cc(O)ccc2[nH]1. The average Bonchev–Trinajstić information content (AvgIpc) is 4.41. The number of alkyl halides is 1. The number of phenolic OH excluding ortho intramolecular Hbond substituents is 1. The Hall–Kier alpha value is -7.14. The molecule has 78 heavy (non-hydrogen) atoms. The zero-order valence-corrected chi connectivity index (χ0v) is 43.7. The van der Waals surface area contributed by atoms with E-state index < -0.39 is 76.9 Å². The number of halogens is 1. The number of hydrogen-bond donors (Lipinski definition) is 6. The summed E-state index contributed by atoms with van der Waals surface area (Å²) in [7, 11) is -2.33. The largest absolute Gasteiger partial charge is 0.508 e. The Morgan fingerprint density at radius 1 is 0.872 bits per heavy atom. The van der Waals surface area contributed by atoms with Crippen molar-refractivity contribution in [3.8, 4) is 28.7 Å². The molecule has 2 saturated heterocycles. The first kappa shape index (κ1) is 55.6. The van der Waals surface area contributed by atoms with Crippen molar-refractivity contribution in [3.63, 3.8) is 0 Å². The summed E-state index contributed by atoms with van der Waals surface area (Å²) in [6, 6.07) is 15.8. The van der Waals surface area contributed by atoms with Crippen molar-refractivity contribution >= 4 is 73.0 Å². The van der Waals surface area contributed by atoms with Crippen LogP contribution in [0.2, 0.25) is 0 Å². The van der Waals surface area contributed by atoms with Crippen LogP contribution in [0.3, 0.4) is 0 Å². The summed E-state index contributed by atoms with van der Waals surface area (Å²) in [5.41, 5.74) is 2.18. The Morgan fingerprint density at radius 2 is 1.63 bits per heavy atom. The summed E-state index contributed by atoms with van der Waals surface area (Å²) in [5, 5.41) is 61.2. The molecule has 6 atom stereocenters. The van der Waals surface area contributed by atoms with Crippen LogP contribution < -0.4 is 22.7 Å².